The average Bonchev–Trinajstić information content (AvgIpc) is 3.41. The summed E-state index contributed by atoms with van der Waals surface area (Å²) in [5.74, 6) is -0.583. The number of halogens is 1. The molecular formula is C24H28FN3O2S2. The lowest BCUT2D eigenvalue weighted by Gasteiger charge is -2.09. The first-order valence-electron chi connectivity index (χ1n) is 10.2. The highest BCUT2D eigenvalue weighted by atomic mass is 32.2. The number of amides is 1. The van der Waals surface area contributed by atoms with Gasteiger partial charge in [0.2, 0.25) is 0 Å². The van der Waals surface area contributed by atoms with Gasteiger partial charge in [0.05, 0.1) is 34.9 Å². The van der Waals surface area contributed by atoms with E-state index in [1.807, 2.05) is 11.4 Å². The minimum absolute atomic E-state index is 0.248. The van der Waals surface area contributed by atoms with Gasteiger partial charge in [-0.15, -0.1) is 11.3 Å². The summed E-state index contributed by atoms with van der Waals surface area (Å²) < 4.78 is 26.4. The number of allylic oxidation sites excluding steroid dienone is 1. The molecule has 1 amide bonds. The highest BCUT2D eigenvalue weighted by Gasteiger charge is 2.18. The first-order valence-corrected chi connectivity index (χ1v) is 12.6. The molecule has 3 rings (SSSR count). The third-order valence-electron chi connectivity index (χ3n) is 4.28. The molecule has 2 heterocycles. The van der Waals surface area contributed by atoms with Gasteiger partial charge in [0.25, 0.3) is 5.91 Å². The summed E-state index contributed by atoms with van der Waals surface area (Å²) in [5, 5.41) is 9.07. The van der Waals surface area contributed by atoms with Crippen molar-refractivity contribution >= 4 is 39.7 Å². The number of rotatable bonds is 7. The fourth-order valence-electron chi connectivity index (χ4n) is 2.83. The van der Waals surface area contributed by atoms with Crippen LogP contribution in [0.3, 0.4) is 0 Å². The number of benzene rings is 1. The van der Waals surface area contributed by atoms with Crippen molar-refractivity contribution in [3.05, 3.63) is 76.5 Å². The predicted octanol–water partition coefficient (Wildman–Crippen LogP) is 5.59. The molecule has 0 saturated heterocycles. The molecule has 1 aromatic carbocycles. The molecular weight excluding hydrogens is 445 g/mol. The average molecular weight is 474 g/mol. The SMILES string of the molecule is C=Cc1c(/C(=C\C)C(=O)NCc2cc(S(C)=O)cs2)cnn1-c1ccc(F)cc1.CCC. The van der Waals surface area contributed by atoms with Crippen molar-refractivity contribution in [1.29, 1.82) is 0 Å². The molecule has 1 unspecified atom stereocenters. The van der Waals surface area contributed by atoms with Gasteiger partial charge in [-0.05, 0) is 43.3 Å². The van der Waals surface area contributed by atoms with Gasteiger partial charge in [-0.3, -0.25) is 9.00 Å². The second-order valence-corrected chi connectivity index (χ2v) is 9.21. The van der Waals surface area contributed by atoms with Crippen LogP contribution in [0.1, 0.15) is 43.3 Å². The van der Waals surface area contributed by atoms with Crippen LogP contribution in [-0.2, 0) is 22.1 Å². The van der Waals surface area contributed by atoms with Gasteiger partial charge in [0.15, 0.2) is 0 Å². The van der Waals surface area contributed by atoms with Crippen LogP contribution in [0.2, 0.25) is 0 Å². The summed E-state index contributed by atoms with van der Waals surface area (Å²) in [5.41, 5.74) is 2.40. The highest BCUT2D eigenvalue weighted by Crippen LogP contribution is 2.24. The summed E-state index contributed by atoms with van der Waals surface area (Å²) >= 11 is 1.45. The Balaban J connectivity index is 0.00000114. The van der Waals surface area contributed by atoms with Crippen molar-refractivity contribution in [2.75, 3.05) is 6.26 Å². The first-order chi connectivity index (χ1) is 15.4. The smallest absolute Gasteiger partial charge is 0.251 e. The van der Waals surface area contributed by atoms with Gasteiger partial charge in [-0.25, -0.2) is 9.07 Å². The van der Waals surface area contributed by atoms with Gasteiger partial charge in [0.1, 0.15) is 5.82 Å². The number of thiophene rings is 1. The van der Waals surface area contributed by atoms with Crippen LogP contribution in [0, 0.1) is 5.82 Å². The minimum atomic E-state index is -1.04. The number of nitrogens with zero attached hydrogens (tertiary/aromatic N) is 2. The Hall–Kier alpha value is -2.84. The topological polar surface area (TPSA) is 64.0 Å². The summed E-state index contributed by atoms with van der Waals surface area (Å²) in [6.45, 7) is 10.2. The molecule has 0 saturated carbocycles. The number of carbonyl (C=O) groups is 1. The Bertz CT molecular complexity index is 1110. The van der Waals surface area contributed by atoms with E-state index >= 15 is 0 Å². The van der Waals surface area contributed by atoms with Crippen molar-refractivity contribution in [2.45, 2.75) is 38.6 Å². The van der Waals surface area contributed by atoms with E-state index in [9.17, 15) is 13.4 Å². The molecule has 0 aliphatic rings. The van der Waals surface area contributed by atoms with E-state index in [-0.39, 0.29) is 11.7 Å². The molecule has 5 nitrogen and oxygen atoms in total. The van der Waals surface area contributed by atoms with Gasteiger partial charge in [-0.2, -0.15) is 5.10 Å². The molecule has 0 spiro atoms. The van der Waals surface area contributed by atoms with Crippen LogP contribution in [0.5, 0.6) is 0 Å². The van der Waals surface area contributed by atoms with E-state index in [1.165, 1.54) is 29.9 Å². The van der Waals surface area contributed by atoms with E-state index < -0.39 is 10.8 Å². The normalized spacial score (nSPS) is 12.0. The summed E-state index contributed by atoms with van der Waals surface area (Å²) in [4.78, 5) is 14.5. The van der Waals surface area contributed by atoms with Crippen LogP contribution in [0.4, 0.5) is 4.39 Å². The van der Waals surface area contributed by atoms with Crippen molar-refractivity contribution in [3.8, 4) is 5.69 Å². The lowest BCUT2D eigenvalue weighted by atomic mass is 10.1. The van der Waals surface area contributed by atoms with Crippen LogP contribution < -0.4 is 5.32 Å². The molecule has 0 aliphatic carbocycles. The Morgan fingerprint density at radius 1 is 1.31 bits per heavy atom. The fourth-order valence-corrected chi connectivity index (χ4v) is 4.58. The van der Waals surface area contributed by atoms with Crippen molar-refractivity contribution in [3.63, 3.8) is 0 Å². The summed E-state index contributed by atoms with van der Waals surface area (Å²) in [7, 11) is -1.04. The zero-order chi connectivity index (χ0) is 23.7. The van der Waals surface area contributed by atoms with Crippen LogP contribution in [0.15, 0.2) is 59.5 Å². The minimum Gasteiger partial charge on any atom is -0.347 e. The Morgan fingerprint density at radius 2 is 1.97 bits per heavy atom. The third-order valence-corrected chi connectivity index (χ3v) is 6.26. The molecule has 1 N–H and O–H groups in total. The van der Waals surface area contributed by atoms with E-state index in [0.29, 0.717) is 29.1 Å². The van der Waals surface area contributed by atoms with Gasteiger partial charge < -0.3 is 5.32 Å². The Labute approximate surface area is 195 Å². The molecule has 0 aliphatic heterocycles. The second kappa shape index (κ2) is 12.3. The molecule has 3 aromatic rings. The van der Waals surface area contributed by atoms with Gasteiger partial charge in [0, 0.05) is 32.5 Å². The van der Waals surface area contributed by atoms with Gasteiger partial charge in [-0.1, -0.05) is 32.9 Å². The Morgan fingerprint density at radius 3 is 2.50 bits per heavy atom. The van der Waals surface area contributed by atoms with E-state index in [0.717, 1.165) is 9.77 Å². The summed E-state index contributed by atoms with van der Waals surface area (Å²) in [6.07, 6.45) is 7.80. The maximum atomic E-state index is 13.2. The quantitative estimate of drug-likeness (QED) is 0.455. The second-order valence-electron chi connectivity index (χ2n) is 6.83. The number of hydrogen-bond donors (Lipinski definition) is 1. The number of carbonyl (C=O) groups excluding carboxylic acids is 1. The molecule has 0 bridgehead atoms. The third kappa shape index (κ3) is 6.34. The van der Waals surface area contributed by atoms with Crippen LogP contribution in [-0.4, -0.2) is 26.2 Å². The molecule has 1 atom stereocenters. The lowest BCUT2D eigenvalue weighted by molar-refractivity contribution is -0.115. The van der Waals surface area contributed by atoms with Crippen molar-refractivity contribution < 1.29 is 13.4 Å². The van der Waals surface area contributed by atoms with Gasteiger partial charge >= 0.3 is 0 Å². The zero-order valence-corrected chi connectivity index (χ0v) is 20.4. The maximum Gasteiger partial charge on any atom is 0.251 e. The van der Waals surface area contributed by atoms with Crippen molar-refractivity contribution in [2.24, 2.45) is 0 Å². The fraction of sp³-hybridized carbons (Fsp3) is 0.250. The molecule has 8 heteroatoms. The molecule has 170 valence electrons. The monoisotopic (exact) mass is 473 g/mol. The van der Waals surface area contributed by atoms with E-state index in [1.54, 1.807) is 48.3 Å². The molecule has 0 radical (unpaired) electrons. The summed E-state index contributed by atoms with van der Waals surface area (Å²) in [6, 6.07) is 7.76. The highest BCUT2D eigenvalue weighted by molar-refractivity contribution is 7.84. The maximum absolute atomic E-state index is 13.2. The number of aromatic nitrogens is 2. The van der Waals surface area contributed by atoms with Crippen LogP contribution >= 0.6 is 11.3 Å². The Kier molecular flexibility index (Phi) is 9.74. The van der Waals surface area contributed by atoms with E-state index in [2.05, 4.69) is 30.8 Å². The lowest BCUT2D eigenvalue weighted by Crippen LogP contribution is -2.23. The standard InChI is InChI=1S/C21H20FN3O2S2.C3H8/c1-4-18(21(26)23-11-16-10-17(13-28-16)29(3)27)19-12-24-25(20(19)5-2)15-8-6-14(22)7-9-15;1-3-2/h4-10,12-13H,2,11H2,1,3H3,(H,23,26);3H2,1-2H3/b18-4+;. The molecule has 0 fully saturated rings. The largest absolute Gasteiger partial charge is 0.347 e. The zero-order valence-electron chi connectivity index (χ0n) is 18.7. The molecule has 32 heavy (non-hydrogen) atoms. The first kappa shape index (κ1) is 25.4. The predicted molar refractivity (Wildman–Crippen MR) is 132 cm³/mol. The van der Waals surface area contributed by atoms with E-state index in [4.69, 9.17) is 0 Å². The van der Waals surface area contributed by atoms with Crippen LogP contribution in [0.25, 0.3) is 17.3 Å². The van der Waals surface area contributed by atoms with Crippen molar-refractivity contribution in [1.82, 2.24) is 15.1 Å². The molecule has 2 aromatic heterocycles. The number of nitrogens with one attached hydrogen (secondary N) is 1. The number of hydrogen-bond acceptors (Lipinski definition) is 4.